The van der Waals surface area contributed by atoms with E-state index in [1.807, 2.05) is 17.8 Å². The van der Waals surface area contributed by atoms with Gasteiger partial charge in [0.1, 0.15) is 0 Å². The summed E-state index contributed by atoms with van der Waals surface area (Å²) in [6, 6.07) is 2.06. The Kier molecular flexibility index (Phi) is 4.92. The lowest BCUT2D eigenvalue weighted by molar-refractivity contribution is 0.837. The number of hydrogen-bond acceptors (Lipinski definition) is 1. The highest BCUT2D eigenvalue weighted by Crippen LogP contribution is 1.98. The van der Waals surface area contributed by atoms with Crippen LogP contribution in [-0.4, -0.2) is 24.1 Å². The van der Waals surface area contributed by atoms with Gasteiger partial charge in [-0.2, -0.15) is 0 Å². The number of hydrogen-bond donors (Lipinski definition) is 2. The molecule has 0 atom stereocenters. The van der Waals surface area contributed by atoms with Crippen LogP contribution in [0.4, 0.5) is 0 Å². The monoisotopic (exact) mass is 240 g/mol. The minimum absolute atomic E-state index is 0.510. The van der Waals surface area contributed by atoms with Crippen LogP contribution in [0.25, 0.3) is 0 Å². The van der Waals surface area contributed by atoms with Gasteiger partial charge in [-0.3, -0.25) is 4.99 Å². The SMILES string of the molecule is C=C(Cl)CNC(=NC)NCc1ccn(C)c1. The highest BCUT2D eigenvalue weighted by atomic mass is 35.5. The fourth-order valence-corrected chi connectivity index (χ4v) is 1.32. The van der Waals surface area contributed by atoms with E-state index >= 15 is 0 Å². The number of nitrogens with zero attached hydrogens (tertiary/aromatic N) is 2. The number of nitrogens with one attached hydrogen (secondary N) is 2. The van der Waals surface area contributed by atoms with Crippen molar-refractivity contribution in [3.8, 4) is 0 Å². The number of halogens is 1. The first-order chi connectivity index (χ1) is 7.61. The molecule has 0 spiro atoms. The molecule has 0 amide bonds. The van der Waals surface area contributed by atoms with Gasteiger partial charge in [-0.15, -0.1) is 0 Å². The predicted octanol–water partition coefficient (Wildman–Crippen LogP) is 1.44. The molecule has 1 rings (SSSR count). The van der Waals surface area contributed by atoms with E-state index in [1.165, 1.54) is 5.56 Å². The van der Waals surface area contributed by atoms with Crippen molar-refractivity contribution in [2.45, 2.75) is 6.54 Å². The predicted molar refractivity (Wildman–Crippen MR) is 68.6 cm³/mol. The summed E-state index contributed by atoms with van der Waals surface area (Å²) in [5, 5.41) is 6.78. The Hall–Kier alpha value is -1.42. The van der Waals surface area contributed by atoms with E-state index in [-0.39, 0.29) is 0 Å². The molecular formula is C11H17ClN4. The van der Waals surface area contributed by atoms with E-state index in [1.54, 1.807) is 7.05 Å². The summed E-state index contributed by atoms with van der Waals surface area (Å²) in [6.07, 6.45) is 4.06. The molecule has 1 aromatic heterocycles. The third-order valence-corrected chi connectivity index (χ3v) is 2.16. The Bertz CT molecular complexity index is 381. The van der Waals surface area contributed by atoms with Crippen molar-refractivity contribution >= 4 is 17.6 Å². The van der Waals surface area contributed by atoms with Crippen LogP contribution in [0.15, 0.2) is 35.1 Å². The van der Waals surface area contributed by atoms with Crippen molar-refractivity contribution in [1.82, 2.24) is 15.2 Å². The highest BCUT2D eigenvalue weighted by molar-refractivity contribution is 6.29. The Balaban J connectivity index is 2.37. The molecule has 5 heteroatoms. The largest absolute Gasteiger partial charge is 0.357 e. The molecule has 0 radical (unpaired) electrons. The Morgan fingerprint density at radius 3 is 2.81 bits per heavy atom. The number of aliphatic imine (C=N–C) groups is 1. The Morgan fingerprint density at radius 2 is 2.31 bits per heavy atom. The molecule has 88 valence electrons. The van der Waals surface area contributed by atoms with Crippen LogP contribution in [0.1, 0.15) is 5.56 Å². The zero-order valence-electron chi connectivity index (χ0n) is 9.63. The zero-order valence-corrected chi connectivity index (χ0v) is 10.4. The first-order valence-corrected chi connectivity index (χ1v) is 5.38. The van der Waals surface area contributed by atoms with Gasteiger partial charge in [0, 0.05) is 38.1 Å². The number of guanidine groups is 1. The quantitative estimate of drug-likeness (QED) is 0.618. The van der Waals surface area contributed by atoms with Crippen LogP contribution in [-0.2, 0) is 13.6 Å². The summed E-state index contributed by atoms with van der Waals surface area (Å²) < 4.78 is 2.01. The lowest BCUT2D eigenvalue weighted by Gasteiger charge is -2.10. The van der Waals surface area contributed by atoms with Gasteiger partial charge in [0.15, 0.2) is 5.96 Å². The minimum Gasteiger partial charge on any atom is -0.357 e. The average Bonchev–Trinajstić information content (AvgIpc) is 2.64. The molecule has 4 nitrogen and oxygen atoms in total. The molecule has 16 heavy (non-hydrogen) atoms. The first kappa shape index (κ1) is 12.6. The lowest BCUT2D eigenvalue weighted by Crippen LogP contribution is -2.37. The van der Waals surface area contributed by atoms with Gasteiger partial charge in [-0.1, -0.05) is 18.2 Å². The van der Waals surface area contributed by atoms with Crippen LogP contribution in [0.2, 0.25) is 0 Å². The second-order valence-corrected chi connectivity index (χ2v) is 4.02. The van der Waals surface area contributed by atoms with Crippen LogP contribution in [0, 0.1) is 0 Å². The summed E-state index contributed by atoms with van der Waals surface area (Å²) in [7, 11) is 3.71. The van der Waals surface area contributed by atoms with E-state index in [4.69, 9.17) is 11.6 Å². The maximum absolute atomic E-state index is 5.66. The third kappa shape index (κ3) is 4.40. The molecule has 0 fully saturated rings. The van der Waals surface area contributed by atoms with E-state index in [0.717, 1.165) is 6.54 Å². The third-order valence-electron chi connectivity index (χ3n) is 2.02. The molecule has 1 aromatic rings. The Morgan fingerprint density at radius 1 is 1.56 bits per heavy atom. The van der Waals surface area contributed by atoms with Crippen molar-refractivity contribution in [3.63, 3.8) is 0 Å². The van der Waals surface area contributed by atoms with Gasteiger partial charge in [-0.25, -0.2) is 0 Å². The fourth-order valence-electron chi connectivity index (χ4n) is 1.25. The normalized spacial score (nSPS) is 11.3. The van der Waals surface area contributed by atoms with Crippen molar-refractivity contribution < 1.29 is 0 Å². The smallest absolute Gasteiger partial charge is 0.191 e. The molecule has 0 saturated heterocycles. The van der Waals surface area contributed by atoms with Gasteiger partial charge in [-0.05, 0) is 11.6 Å². The van der Waals surface area contributed by atoms with Gasteiger partial charge < -0.3 is 15.2 Å². The molecule has 0 aliphatic carbocycles. The van der Waals surface area contributed by atoms with Gasteiger partial charge in [0.25, 0.3) is 0 Å². The fraction of sp³-hybridized carbons (Fsp3) is 0.364. The van der Waals surface area contributed by atoms with Crippen molar-refractivity contribution in [2.24, 2.45) is 12.0 Å². The van der Waals surface area contributed by atoms with E-state index < -0.39 is 0 Å². The molecular weight excluding hydrogens is 224 g/mol. The molecule has 0 unspecified atom stereocenters. The van der Waals surface area contributed by atoms with Crippen LogP contribution < -0.4 is 10.6 Å². The van der Waals surface area contributed by atoms with E-state index in [0.29, 0.717) is 17.5 Å². The van der Waals surface area contributed by atoms with E-state index in [9.17, 15) is 0 Å². The Labute approximate surface area is 101 Å². The molecule has 0 aromatic carbocycles. The van der Waals surface area contributed by atoms with Gasteiger partial charge in [0.2, 0.25) is 0 Å². The maximum atomic E-state index is 5.66. The maximum Gasteiger partial charge on any atom is 0.191 e. The lowest BCUT2D eigenvalue weighted by atomic mass is 10.3. The van der Waals surface area contributed by atoms with Crippen LogP contribution in [0.3, 0.4) is 0 Å². The minimum atomic E-state index is 0.510. The van der Waals surface area contributed by atoms with Crippen molar-refractivity contribution in [2.75, 3.05) is 13.6 Å². The second-order valence-electron chi connectivity index (χ2n) is 3.48. The highest BCUT2D eigenvalue weighted by Gasteiger charge is 1.99. The van der Waals surface area contributed by atoms with Crippen molar-refractivity contribution in [1.29, 1.82) is 0 Å². The number of rotatable bonds is 4. The number of aryl methyl sites for hydroxylation is 1. The van der Waals surface area contributed by atoms with Crippen LogP contribution >= 0.6 is 11.6 Å². The molecule has 0 bridgehead atoms. The summed E-state index contributed by atoms with van der Waals surface area (Å²) in [6.45, 7) is 4.84. The molecule has 0 aliphatic rings. The van der Waals surface area contributed by atoms with Gasteiger partial charge in [0.05, 0.1) is 6.54 Å². The van der Waals surface area contributed by atoms with Gasteiger partial charge >= 0.3 is 0 Å². The summed E-state index contributed by atoms with van der Waals surface area (Å²) in [4.78, 5) is 4.07. The van der Waals surface area contributed by atoms with Crippen LogP contribution in [0.5, 0.6) is 0 Å². The summed E-state index contributed by atoms with van der Waals surface area (Å²) >= 11 is 5.66. The first-order valence-electron chi connectivity index (χ1n) is 5.00. The van der Waals surface area contributed by atoms with E-state index in [2.05, 4.69) is 34.5 Å². The van der Waals surface area contributed by atoms with Crippen molar-refractivity contribution in [3.05, 3.63) is 35.6 Å². The molecule has 0 aliphatic heterocycles. The zero-order chi connectivity index (χ0) is 12.0. The number of aromatic nitrogens is 1. The molecule has 0 saturated carbocycles. The average molecular weight is 241 g/mol. The molecule has 2 N–H and O–H groups in total. The summed E-state index contributed by atoms with van der Waals surface area (Å²) in [5.41, 5.74) is 1.20. The summed E-state index contributed by atoms with van der Waals surface area (Å²) in [5.74, 6) is 0.714. The standard InChI is InChI=1S/C11H17ClN4/c1-9(12)6-14-11(13-2)15-7-10-4-5-16(3)8-10/h4-5,8H,1,6-7H2,2-3H3,(H2,13,14,15). The topological polar surface area (TPSA) is 41.4 Å². The second kappa shape index (κ2) is 6.23. The molecule has 1 heterocycles.